The molecule has 1 aromatic rings. The highest BCUT2D eigenvalue weighted by molar-refractivity contribution is 7.88. The Balaban J connectivity index is 2.20. The minimum Gasteiger partial charge on any atom is -0.481 e. The summed E-state index contributed by atoms with van der Waals surface area (Å²) >= 11 is 5.66. The first-order valence-electron chi connectivity index (χ1n) is 6.87. The molecule has 1 fully saturated rings. The predicted octanol–water partition coefficient (Wildman–Crippen LogP) is 2.49. The Kier molecular flexibility index (Phi) is 5.09. The van der Waals surface area contributed by atoms with Crippen LogP contribution in [0.3, 0.4) is 0 Å². The third-order valence-electron chi connectivity index (χ3n) is 3.86. The topological polar surface area (TPSA) is 74.7 Å². The van der Waals surface area contributed by atoms with E-state index in [0.717, 1.165) is 6.07 Å². The molecular weight excluding hydrogens is 333 g/mol. The molecule has 1 aliphatic rings. The average Bonchev–Trinajstić information content (AvgIpc) is 2.42. The number of carbonyl (C=O) groups is 1. The zero-order valence-corrected chi connectivity index (χ0v) is 13.6. The van der Waals surface area contributed by atoms with Gasteiger partial charge < -0.3 is 5.11 Å². The lowest BCUT2D eigenvalue weighted by molar-refractivity contribution is -0.143. The van der Waals surface area contributed by atoms with Crippen molar-refractivity contribution in [2.24, 2.45) is 5.92 Å². The molecule has 1 aromatic carbocycles. The molecule has 122 valence electrons. The van der Waals surface area contributed by atoms with E-state index >= 15 is 0 Å². The summed E-state index contributed by atoms with van der Waals surface area (Å²) in [5.74, 6) is -2.62. The minimum atomic E-state index is -3.69. The van der Waals surface area contributed by atoms with Crippen molar-refractivity contribution in [3.63, 3.8) is 0 Å². The van der Waals surface area contributed by atoms with Crippen molar-refractivity contribution in [3.8, 4) is 0 Å². The summed E-state index contributed by atoms with van der Waals surface area (Å²) < 4.78 is 39.4. The van der Waals surface area contributed by atoms with Crippen LogP contribution in [0.15, 0.2) is 18.2 Å². The van der Waals surface area contributed by atoms with Gasteiger partial charge in [-0.15, -0.1) is 0 Å². The molecular formula is C14H17ClFNO4S. The molecule has 2 atom stereocenters. The van der Waals surface area contributed by atoms with Gasteiger partial charge in [0.05, 0.1) is 16.7 Å². The first kappa shape index (κ1) is 17.2. The van der Waals surface area contributed by atoms with Crippen LogP contribution in [0.4, 0.5) is 4.39 Å². The first-order valence-corrected chi connectivity index (χ1v) is 8.85. The number of piperidine rings is 1. The van der Waals surface area contributed by atoms with Gasteiger partial charge in [-0.1, -0.05) is 17.7 Å². The Morgan fingerprint density at radius 3 is 2.73 bits per heavy atom. The van der Waals surface area contributed by atoms with E-state index in [-0.39, 0.29) is 23.4 Å². The summed E-state index contributed by atoms with van der Waals surface area (Å²) in [5, 5.41) is 8.95. The molecule has 1 saturated heterocycles. The van der Waals surface area contributed by atoms with Crippen LogP contribution in [0.25, 0.3) is 0 Å². The van der Waals surface area contributed by atoms with Crippen LogP contribution < -0.4 is 0 Å². The second-order valence-electron chi connectivity index (χ2n) is 5.54. The minimum absolute atomic E-state index is 0.0340. The fourth-order valence-corrected chi connectivity index (χ4v) is 4.62. The Morgan fingerprint density at radius 1 is 1.45 bits per heavy atom. The zero-order valence-electron chi connectivity index (χ0n) is 12.0. The van der Waals surface area contributed by atoms with E-state index in [0.29, 0.717) is 18.4 Å². The number of halogens is 2. The van der Waals surface area contributed by atoms with Crippen molar-refractivity contribution in [2.45, 2.75) is 31.6 Å². The quantitative estimate of drug-likeness (QED) is 0.906. The van der Waals surface area contributed by atoms with Crippen LogP contribution >= 0.6 is 11.6 Å². The molecule has 0 spiro atoms. The fourth-order valence-electron chi connectivity index (χ4n) is 2.59. The summed E-state index contributed by atoms with van der Waals surface area (Å²) in [6.07, 6.45) is 0.964. The number of rotatable bonds is 4. The SMILES string of the molecule is CC1CCC(C(=O)O)CN1S(=O)(=O)Cc1ccc(F)c(Cl)c1. The van der Waals surface area contributed by atoms with Gasteiger partial charge in [0.25, 0.3) is 0 Å². The van der Waals surface area contributed by atoms with E-state index < -0.39 is 27.7 Å². The number of hydrogen-bond acceptors (Lipinski definition) is 3. The third-order valence-corrected chi connectivity index (χ3v) is 6.08. The van der Waals surface area contributed by atoms with Crippen molar-refractivity contribution in [2.75, 3.05) is 6.54 Å². The molecule has 0 bridgehead atoms. The molecule has 0 radical (unpaired) electrons. The van der Waals surface area contributed by atoms with Crippen molar-refractivity contribution < 1.29 is 22.7 Å². The molecule has 1 aliphatic heterocycles. The van der Waals surface area contributed by atoms with E-state index in [1.807, 2.05) is 0 Å². The number of carboxylic acid groups (broad SMARTS) is 1. The molecule has 2 rings (SSSR count). The van der Waals surface area contributed by atoms with Gasteiger partial charge in [-0.2, -0.15) is 4.31 Å². The number of benzene rings is 1. The monoisotopic (exact) mass is 349 g/mol. The molecule has 1 N–H and O–H groups in total. The summed E-state index contributed by atoms with van der Waals surface area (Å²) in [5.41, 5.74) is 0.371. The van der Waals surface area contributed by atoms with Gasteiger partial charge in [-0.05, 0) is 37.5 Å². The van der Waals surface area contributed by atoms with Crippen molar-refractivity contribution >= 4 is 27.6 Å². The molecule has 0 aromatic heterocycles. The average molecular weight is 350 g/mol. The van der Waals surface area contributed by atoms with E-state index in [1.54, 1.807) is 6.92 Å². The largest absolute Gasteiger partial charge is 0.481 e. The number of aliphatic carboxylic acids is 1. The normalized spacial score (nSPS) is 23.4. The molecule has 0 aliphatic carbocycles. The van der Waals surface area contributed by atoms with Crippen LogP contribution in [0, 0.1) is 11.7 Å². The fraction of sp³-hybridized carbons (Fsp3) is 0.500. The summed E-state index contributed by atoms with van der Waals surface area (Å²) in [6, 6.07) is 3.50. The molecule has 2 unspecified atom stereocenters. The van der Waals surface area contributed by atoms with Crippen LogP contribution in [-0.2, 0) is 20.6 Å². The lowest BCUT2D eigenvalue weighted by atomic mass is 9.96. The first-order chi connectivity index (χ1) is 10.2. The highest BCUT2D eigenvalue weighted by Crippen LogP contribution is 2.27. The lowest BCUT2D eigenvalue weighted by Crippen LogP contribution is -2.47. The maximum absolute atomic E-state index is 13.1. The van der Waals surface area contributed by atoms with E-state index in [4.69, 9.17) is 16.7 Å². The van der Waals surface area contributed by atoms with E-state index in [9.17, 15) is 17.6 Å². The molecule has 1 heterocycles. The smallest absolute Gasteiger partial charge is 0.307 e. The van der Waals surface area contributed by atoms with Crippen molar-refractivity contribution in [1.82, 2.24) is 4.31 Å². The van der Waals surface area contributed by atoms with E-state index in [2.05, 4.69) is 0 Å². The highest BCUT2D eigenvalue weighted by Gasteiger charge is 2.36. The number of carboxylic acids is 1. The Bertz CT molecular complexity index is 679. The Hall–Kier alpha value is -1.18. The maximum Gasteiger partial charge on any atom is 0.307 e. The van der Waals surface area contributed by atoms with Gasteiger partial charge in [0, 0.05) is 12.6 Å². The molecule has 0 amide bonds. The highest BCUT2D eigenvalue weighted by atomic mass is 35.5. The van der Waals surface area contributed by atoms with Crippen molar-refractivity contribution in [1.29, 1.82) is 0 Å². The standard InChI is InChI=1S/C14H17ClFNO4S/c1-9-2-4-11(14(18)19)7-17(9)22(20,21)8-10-3-5-13(16)12(15)6-10/h3,5-6,9,11H,2,4,7-8H2,1H3,(H,18,19). The van der Waals surface area contributed by atoms with Gasteiger partial charge in [-0.3, -0.25) is 4.79 Å². The Morgan fingerprint density at radius 2 is 2.14 bits per heavy atom. The second-order valence-corrected chi connectivity index (χ2v) is 7.86. The van der Waals surface area contributed by atoms with Gasteiger partial charge in [0.2, 0.25) is 10.0 Å². The van der Waals surface area contributed by atoms with Gasteiger partial charge in [0.15, 0.2) is 0 Å². The number of sulfonamides is 1. The van der Waals surface area contributed by atoms with Crippen LogP contribution in [0.5, 0.6) is 0 Å². The summed E-state index contributed by atoms with van der Waals surface area (Å²) in [6.45, 7) is 1.72. The van der Waals surface area contributed by atoms with Crippen LogP contribution in [0.2, 0.25) is 5.02 Å². The molecule has 0 saturated carbocycles. The predicted molar refractivity (Wildman–Crippen MR) is 80.6 cm³/mol. The number of nitrogens with zero attached hydrogens (tertiary/aromatic N) is 1. The molecule has 5 nitrogen and oxygen atoms in total. The second kappa shape index (κ2) is 6.52. The molecule has 22 heavy (non-hydrogen) atoms. The van der Waals surface area contributed by atoms with Crippen LogP contribution in [0.1, 0.15) is 25.3 Å². The van der Waals surface area contributed by atoms with Crippen LogP contribution in [-0.4, -0.2) is 36.4 Å². The molecule has 8 heteroatoms. The van der Waals surface area contributed by atoms with Gasteiger partial charge >= 0.3 is 5.97 Å². The van der Waals surface area contributed by atoms with Gasteiger partial charge in [0.1, 0.15) is 5.82 Å². The van der Waals surface area contributed by atoms with Gasteiger partial charge in [-0.25, -0.2) is 12.8 Å². The summed E-state index contributed by atoms with van der Waals surface area (Å²) in [7, 11) is -3.69. The lowest BCUT2D eigenvalue weighted by Gasteiger charge is -2.35. The number of hydrogen-bond donors (Lipinski definition) is 1. The Labute approximate surface area is 133 Å². The zero-order chi connectivity index (χ0) is 16.5. The third kappa shape index (κ3) is 3.77. The maximum atomic E-state index is 13.1. The summed E-state index contributed by atoms with van der Waals surface area (Å²) in [4.78, 5) is 11.1. The van der Waals surface area contributed by atoms with E-state index in [1.165, 1.54) is 16.4 Å². The van der Waals surface area contributed by atoms with Crippen molar-refractivity contribution in [3.05, 3.63) is 34.6 Å².